The molecule has 1 atom stereocenters. The minimum Gasteiger partial charge on any atom is -0.381 e. The number of nitrogens with two attached hydrogens (primary N) is 1. The van der Waals surface area contributed by atoms with Gasteiger partial charge in [0.05, 0.1) is 11.5 Å². The molecule has 0 saturated heterocycles. The summed E-state index contributed by atoms with van der Waals surface area (Å²) < 4.78 is 0. The molecular formula is C8H11N3O3. The fourth-order valence-electron chi connectivity index (χ4n) is 0.952. The minimum atomic E-state index is -0.978. The number of nitrogens with zero attached hydrogens (tertiary/aromatic N) is 1. The zero-order valence-electron chi connectivity index (χ0n) is 7.38. The summed E-state index contributed by atoms with van der Waals surface area (Å²) in [6, 6.07) is 5.99. The molecule has 0 radical (unpaired) electrons. The van der Waals surface area contributed by atoms with Crippen LogP contribution in [0.5, 0.6) is 0 Å². The van der Waals surface area contributed by atoms with Crippen LogP contribution in [0.1, 0.15) is 0 Å². The highest BCUT2D eigenvalue weighted by Crippen LogP contribution is 2.16. The van der Waals surface area contributed by atoms with Crippen molar-refractivity contribution in [3.63, 3.8) is 0 Å². The Morgan fingerprint density at radius 3 is 2.93 bits per heavy atom. The molecule has 0 saturated carbocycles. The first-order valence-electron chi connectivity index (χ1n) is 4.01. The van der Waals surface area contributed by atoms with Gasteiger partial charge in [-0.2, -0.15) is 0 Å². The van der Waals surface area contributed by atoms with E-state index >= 15 is 0 Å². The molecule has 0 aliphatic carbocycles. The summed E-state index contributed by atoms with van der Waals surface area (Å²) in [5.74, 6) is 0. The monoisotopic (exact) mass is 197 g/mol. The summed E-state index contributed by atoms with van der Waals surface area (Å²) in [4.78, 5) is 9.91. The number of aliphatic hydroxyl groups is 1. The lowest BCUT2D eigenvalue weighted by atomic mass is 10.3. The average Bonchev–Trinajstić information content (AvgIpc) is 2.15. The van der Waals surface area contributed by atoms with Crippen LogP contribution in [0.25, 0.3) is 0 Å². The zero-order valence-corrected chi connectivity index (χ0v) is 7.38. The van der Waals surface area contributed by atoms with Gasteiger partial charge < -0.3 is 16.2 Å². The largest absolute Gasteiger partial charge is 0.381 e. The van der Waals surface area contributed by atoms with Gasteiger partial charge >= 0.3 is 0 Å². The molecule has 0 fully saturated rings. The lowest BCUT2D eigenvalue weighted by Gasteiger charge is -2.07. The minimum absolute atomic E-state index is 0.00140. The predicted molar refractivity (Wildman–Crippen MR) is 51.8 cm³/mol. The van der Waals surface area contributed by atoms with E-state index in [1.54, 1.807) is 12.1 Å². The summed E-state index contributed by atoms with van der Waals surface area (Å²) >= 11 is 0. The van der Waals surface area contributed by atoms with Gasteiger partial charge in [-0.05, 0) is 6.07 Å². The lowest BCUT2D eigenvalue weighted by molar-refractivity contribution is -0.384. The molecule has 6 nitrogen and oxygen atoms in total. The van der Waals surface area contributed by atoms with E-state index in [1.807, 2.05) is 0 Å². The fourth-order valence-corrected chi connectivity index (χ4v) is 0.952. The lowest BCUT2D eigenvalue weighted by Crippen LogP contribution is -2.28. The number of aliphatic hydroxyl groups excluding tert-OH is 1. The van der Waals surface area contributed by atoms with Gasteiger partial charge in [-0.15, -0.1) is 0 Å². The van der Waals surface area contributed by atoms with Crippen LogP contribution in [0, 0.1) is 10.1 Å². The van der Waals surface area contributed by atoms with Gasteiger partial charge in [-0.25, -0.2) is 0 Å². The van der Waals surface area contributed by atoms with E-state index in [4.69, 9.17) is 10.8 Å². The van der Waals surface area contributed by atoms with Crippen LogP contribution < -0.4 is 11.1 Å². The van der Waals surface area contributed by atoms with E-state index in [2.05, 4.69) is 5.32 Å². The molecule has 0 aliphatic heterocycles. The van der Waals surface area contributed by atoms with E-state index in [-0.39, 0.29) is 12.2 Å². The number of anilines is 1. The SMILES string of the molecule is NC(O)CNc1cccc([N+](=O)[O-])c1. The second kappa shape index (κ2) is 4.54. The first kappa shape index (κ1) is 10.4. The highest BCUT2D eigenvalue weighted by molar-refractivity contribution is 5.50. The van der Waals surface area contributed by atoms with Crippen molar-refractivity contribution >= 4 is 11.4 Å². The maximum absolute atomic E-state index is 10.4. The number of hydrogen-bond acceptors (Lipinski definition) is 5. The van der Waals surface area contributed by atoms with Gasteiger partial charge in [-0.1, -0.05) is 6.07 Å². The zero-order chi connectivity index (χ0) is 10.6. The Kier molecular flexibility index (Phi) is 3.38. The highest BCUT2D eigenvalue weighted by atomic mass is 16.6. The smallest absolute Gasteiger partial charge is 0.271 e. The van der Waals surface area contributed by atoms with Crippen molar-refractivity contribution in [2.75, 3.05) is 11.9 Å². The van der Waals surface area contributed by atoms with Crippen LogP contribution in [0.4, 0.5) is 11.4 Å². The molecule has 1 aromatic carbocycles. The second-order valence-corrected chi connectivity index (χ2v) is 2.76. The van der Waals surface area contributed by atoms with Crippen LogP contribution in [0.2, 0.25) is 0 Å². The van der Waals surface area contributed by atoms with Gasteiger partial charge in [0.15, 0.2) is 0 Å². The van der Waals surface area contributed by atoms with Gasteiger partial charge in [0.25, 0.3) is 5.69 Å². The van der Waals surface area contributed by atoms with Gasteiger partial charge in [0, 0.05) is 17.8 Å². The van der Waals surface area contributed by atoms with E-state index in [1.165, 1.54) is 12.1 Å². The quantitative estimate of drug-likeness (QED) is 0.365. The van der Waals surface area contributed by atoms with E-state index in [0.29, 0.717) is 5.69 Å². The summed E-state index contributed by atoms with van der Waals surface area (Å²) in [5.41, 5.74) is 5.66. The van der Waals surface area contributed by atoms with Gasteiger partial charge in [0.1, 0.15) is 6.23 Å². The molecule has 0 amide bonds. The molecule has 4 N–H and O–H groups in total. The maximum Gasteiger partial charge on any atom is 0.271 e. The Hall–Kier alpha value is -1.66. The molecule has 1 unspecified atom stereocenters. The summed E-state index contributed by atoms with van der Waals surface area (Å²) in [7, 11) is 0. The average molecular weight is 197 g/mol. The molecule has 0 heterocycles. The first-order chi connectivity index (χ1) is 6.59. The Morgan fingerprint density at radius 2 is 2.36 bits per heavy atom. The van der Waals surface area contributed by atoms with Crippen molar-refractivity contribution in [1.82, 2.24) is 0 Å². The molecule has 76 valence electrons. The third-order valence-corrected chi connectivity index (χ3v) is 1.57. The van der Waals surface area contributed by atoms with Crippen molar-refractivity contribution in [3.05, 3.63) is 34.4 Å². The molecule has 1 aromatic rings. The van der Waals surface area contributed by atoms with Crippen molar-refractivity contribution in [1.29, 1.82) is 0 Å². The summed E-state index contributed by atoms with van der Waals surface area (Å²) in [6.07, 6.45) is -0.978. The van der Waals surface area contributed by atoms with Gasteiger partial charge in [0.2, 0.25) is 0 Å². The molecule has 0 bridgehead atoms. The van der Waals surface area contributed by atoms with Crippen molar-refractivity contribution in [2.24, 2.45) is 5.73 Å². The standard InChI is InChI=1S/C8H11N3O3/c9-8(12)5-10-6-2-1-3-7(4-6)11(13)14/h1-4,8,10,12H,5,9H2. The number of benzene rings is 1. The molecular weight excluding hydrogens is 186 g/mol. The van der Waals surface area contributed by atoms with E-state index in [0.717, 1.165) is 0 Å². The molecule has 0 spiro atoms. The van der Waals surface area contributed by atoms with Crippen molar-refractivity contribution < 1.29 is 10.0 Å². The Bertz CT molecular complexity index is 327. The Balaban J connectivity index is 2.69. The first-order valence-corrected chi connectivity index (χ1v) is 4.01. The molecule has 14 heavy (non-hydrogen) atoms. The van der Waals surface area contributed by atoms with Crippen LogP contribution in [0.15, 0.2) is 24.3 Å². The molecule has 0 aliphatic rings. The normalized spacial score (nSPS) is 12.1. The van der Waals surface area contributed by atoms with Crippen LogP contribution >= 0.6 is 0 Å². The van der Waals surface area contributed by atoms with Gasteiger partial charge in [-0.3, -0.25) is 10.1 Å². The van der Waals surface area contributed by atoms with E-state index in [9.17, 15) is 10.1 Å². The molecule has 0 aromatic heterocycles. The number of nitrogens with one attached hydrogen (secondary N) is 1. The number of hydrogen-bond donors (Lipinski definition) is 3. The van der Waals surface area contributed by atoms with Crippen LogP contribution in [0.3, 0.4) is 0 Å². The summed E-state index contributed by atoms with van der Waals surface area (Å²) in [5, 5.41) is 21.9. The number of non-ortho nitro benzene ring substituents is 1. The fraction of sp³-hybridized carbons (Fsp3) is 0.250. The van der Waals surface area contributed by atoms with Crippen molar-refractivity contribution in [2.45, 2.75) is 6.23 Å². The van der Waals surface area contributed by atoms with Crippen LogP contribution in [-0.4, -0.2) is 22.8 Å². The number of rotatable bonds is 4. The Morgan fingerprint density at radius 1 is 1.64 bits per heavy atom. The molecule has 1 rings (SSSR count). The predicted octanol–water partition coefficient (Wildman–Crippen LogP) is 0.284. The number of nitro benzene ring substituents is 1. The van der Waals surface area contributed by atoms with E-state index < -0.39 is 11.2 Å². The topological polar surface area (TPSA) is 101 Å². The van der Waals surface area contributed by atoms with Crippen LogP contribution in [-0.2, 0) is 0 Å². The van der Waals surface area contributed by atoms with Crippen molar-refractivity contribution in [3.8, 4) is 0 Å². The molecule has 6 heteroatoms. The Labute approximate surface area is 80.5 Å². The highest BCUT2D eigenvalue weighted by Gasteiger charge is 2.05. The number of nitro groups is 1. The second-order valence-electron chi connectivity index (χ2n) is 2.76. The summed E-state index contributed by atoms with van der Waals surface area (Å²) in [6.45, 7) is 0.154. The third-order valence-electron chi connectivity index (χ3n) is 1.57. The maximum atomic E-state index is 10.4. The third kappa shape index (κ3) is 3.00.